The summed E-state index contributed by atoms with van der Waals surface area (Å²) in [4.78, 5) is 0. The third-order valence-electron chi connectivity index (χ3n) is 3.25. The molecule has 0 aliphatic heterocycles. The third-order valence-corrected chi connectivity index (χ3v) is 3.25. The summed E-state index contributed by atoms with van der Waals surface area (Å²) in [6.45, 7) is 2.31. The molecule has 2 fully saturated rings. The van der Waals surface area contributed by atoms with E-state index in [1.165, 1.54) is 38.5 Å². The molecule has 0 bridgehead atoms. The van der Waals surface area contributed by atoms with Gasteiger partial charge in [0.1, 0.15) is 0 Å². The van der Waals surface area contributed by atoms with E-state index in [4.69, 9.17) is 0 Å². The topological polar surface area (TPSA) is 12.0 Å². The fourth-order valence-electron chi connectivity index (χ4n) is 2.30. The first kappa shape index (κ1) is 7.60. The van der Waals surface area contributed by atoms with Crippen molar-refractivity contribution in [3.05, 3.63) is 0 Å². The molecule has 1 nitrogen and oxygen atoms in total. The van der Waals surface area contributed by atoms with Crippen molar-refractivity contribution in [1.82, 2.24) is 5.32 Å². The third kappa shape index (κ3) is 1.76. The Labute approximate surface area is 69.6 Å². The zero-order valence-electron chi connectivity index (χ0n) is 7.47. The van der Waals surface area contributed by atoms with Gasteiger partial charge in [-0.25, -0.2) is 0 Å². The smallest absolute Gasteiger partial charge is 0.0102 e. The maximum Gasteiger partial charge on any atom is 0.0102 e. The summed E-state index contributed by atoms with van der Waals surface area (Å²) in [6, 6.07) is 1.79. The van der Waals surface area contributed by atoms with Crippen molar-refractivity contribution in [2.24, 2.45) is 5.92 Å². The second-order valence-electron chi connectivity index (χ2n) is 4.16. The average molecular weight is 153 g/mol. The Morgan fingerprint density at radius 3 is 2.55 bits per heavy atom. The van der Waals surface area contributed by atoms with Gasteiger partial charge in [-0.2, -0.15) is 0 Å². The molecule has 0 aromatic rings. The zero-order chi connectivity index (χ0) is 7.68. The van der Waals surface area contributed by atoms with Crippen LogP contribution in [0.25, 0.3) is 0 Å². The molecule has 2 saturated carbocycles. The van der Waals surface area contributed by atoms with Gasteiger partial charge >= 0.3 is 0 Å². The molecule has 0 radical (unpaired) electrons. The van der Waals surface area contributed by atoms with Crippen LogP contribution in [0.2, 0.25) is 0 Å². The Balaban J connectivity index is 1.66. The predicted molar refractivity (Wildman–Crippen MR) is 47.6 cm³/mol. The Morgan fingerprint density at radius 2 is 2.00 bits per heavy atom. The van der Waals surface area contributed by atoms with E-state index in [-0.39, 0.29) is 0 Å². The van der Waals surface area contributed by atoms with Gasteiger partial charge in [0.05, 0.1) is 0 Å². The molecule has 0 aromatic carbocycles. The lowest BCUT2D eigenvalue weighted by Crippen LogP contribution is -2.29. The van der Waals surface area contributed by atoms with Crippen molar-refractivity contribution in [2.75, 3.05) is 0 Å². The van der Waals surface area contributed by atoms with E-state index in [1.807, 2.05) is 0 Å². The SMILES string of the molecule is CCC1CC1NC1CCCC1. The lowest BCUT2D eigenvalue weighted by molar-refractivity contribution is 0.499. The number of hydrogen-bond donors (Lipinski definition) is 1. The molecule has 2 aliphatic carbocycles. The van der Waals surface area contributed by atoms with Gasteiger partial charge in [0.2, 0.25) is 0 Å². The van der Waals surface area contributed by atoms with Crippen LogP contribution in [0, 0.1) is 5.92 Å². The highest BCUT2D eigenvalue weighted by Gasteiger charge is 2.36. The van der Waals surface area contributed by atoms with Crippen molar-refractivity contribution in [2.45, 2.75) is 57.5 Å². The van der Waals surface area contributed by atoms with E-state index in [0.717, 1.165) is 18.0 Å². The van der Waals surface area contributed by atoms with Gasteiger partial charge in [0.15, 0.2) is 0 Å². The standard InChI is InChI=1S/C10H19N/c1-2-8-7-10(8)11-9-5-3-4-6-9/h8-11H,2-7H2,1H3. The minimum Gasteiger partial charge on any atom is -0.311 e. The molecule has 1 heteroatoms. The molecule has 0 amide bonds. The van der Waals surface area contributed by atoms with Crippen LogP contribution in [0.4, 0.5) is 0 Å². The van der Waals surface area contributed by atoms with E-state index < -0.39 is 0 Å². The summed E-state index contributed by atoms with van der Waals surface area (Å²) in [5, 5.41) is 3.75. The molecule has 0 heterocycles. The van der Waals surface area contributed by atoms with Gasteiger partial charge in [-0.1, -0.05) is 26.2 Å². The van der Waals surface area contributed by atoms with Crippen molar-refractivity contribution in [3.63, 3.8) is 0 Å². The summed E-state index contributed by atoms with van der Waals surface area (Å²) in [6.07, 6.45) is 8.62. The van der Waals surface area contributed by atoms with Crippen molar-refractivity contribution in [1.29, 1.82) is 0 Å². The molecule has 2 rings (SSSR count). The van der Waals surface area contributed by atoms with Gasteiger partial charge in [-0.05, 0) is 25.2 Å². The van der Waals surface area contributed by atoms with Crippen molar-refractivity contribution in [3.8, 4) is 0 Å². The zero-order valence-corrected chi connectivity index (χ0v) is 7.47. The molecule has 11 heavy (non-hydrogen) atoms. The van der Waals surface area contributed by atoms with Crippen LogP contribution >= 0.6 is 0 Å². The van der Waals surface area contributed by atoms with E-state index in [2.05, 4.69) is 12.2 Å². The fourth-order valence-corrected chi connectivity index (χ4v) is 2.30. The van der Waals surface area contributed by atoms with E-state index in [0.29, 0.717) is 0 Å². The first-order chi connectivity index (χ1) is 5.40. The molecular weight excluding hydrogens is 134 g/mol. The highest BCUT2D eigenvalue weighted by molar-refractivity contribution is 4.94. The van der Waals surface area contributed by atoms with Crippen molar-refractivity contribution >= 4 is 0 Å². The predicted octanol–water partition coefficient (Wildman–Crippen LogP) is 2.32. The summed E-state index contributed by atoms with van der Waals surface area (Å²) in [5.74, 6) is 1.02. The Bertz CT molecular complexity index is 127. The number of hydrogen-bond acceptors (Lipinski definition) is 1. The Morgan fingerprint density at radius 1 is 1.27 bits per heavy atom. The second-order valence-corrected chi connectivity index (χ2v) is 4.16. The highest BCUT2D eigenvalue weighted by Crippen LogP contribution is 2.34. The Hall–Kier alpha value is -0.0400. The molecule has 0 aromatic heterocycles. The van der Waals surface area contributed by atoms with Gasteiger partial charge in [-0.3, -0.25) is 0 Å². The van der Waals surface area contributed by atoms with Crippen LogP contribution in [0.1, 0.15) is 45.4 Å². The number of nitrogens with one attached hydrogen (secondary N) is 1. The monoisotopic (exact) mass is 153 g/mol. The summed E-state index contributed by atoms with van der Waals surface area (Å²) in [5.41, 5.74) is 0. The molecule has 0 saturated heterocycles. The molecule has 2 aliphatic rings. The van der Waals surface area contributed by atoms with Gasteiger partial charge in [0, 0.05) is 12.1 Å². The van der Waals surface area contributed by atoms with Crippen LogP contribution in [0.5, 0.6) is 0 Å². The minimum absolute atomic E-state index is 0.886. The van der Waals surface area contributed by atoms with Crippen molar-refractivity contribution < 1.29 is 0 Å². The quantitative estimate of drug-likeness (QED) is 0.656. The first-order valence-corrected chi connectivity index (χ1v) is 5.16. The largest absolute Gasteiger partial charge is 0.311 e. The molecule has 64 valence electrons. The number of rotatable bonds is 3. The highest BCUT2D eigenvalue weighted by atomic mass is 15.0. The van der Waals surface area contributed by atoms with E-state index >= 15 is 0 Å². The lowest BCUT2D eigenvalue weighted by Gasteiger charge is -2.10. The average Bonchev–Trinajstić information content (AvgIpc) is 2.54. The van der Waals surface area contributed by atoms with Gasteiger partial charge in [-0.15, -0.1) is 0 Å². The minimum atomic E-state index is 0.886. The normalized spacial score (nSPS) is 37.9. The lowest BCUT2D eigenvalue weighted by atomic mass is 10.2. The van der Waals surface area contributed by atoms with E-state index in [1.54, 1.807) is 0 Å². The summed E-state index contributed by atoms with van der Waals surface area (Å²) < 4.78 is 0. The van der Waals surface area contributed by atoms with E-state index in [9.17, 15) is 0 Å². The molecule has 2 unspecified atom stereocenters. The molecular formula is C10H19N. The van der Waals surface area contributed by atoms with Gasteiger partial charge < -0.3 is 5.32 Å². The van der Waals surface area contributed by atoms with Gasteiger partial charge in [0.25, 0.3) is 0 Å². The van der Waals surface area contributed by atoms with Crippen LogP contribution in [-0.4, -0.2) is 12.1 Å². The van der Waals surface area contributed by atoms with Crippen LogP contribution in [0.15, 0.2) is 0 Å². The molecule has 1 N–H and O–H groups in total. The Kier molecular flexibility index (Phi) is 2.17. The second kappa shape index (κ2) is 3.14. The molecule has 0 spiro atoms. The fraction of sp³-hybridized carbons (Fsp3) is 1.00. The summed E-state index contributed by atoms with van der Waals surface area (Å²) >= 11 is 0. The molecule has 2 atom stereocenters. The summed E-state index contributed by atoms with van der Waals surface area (Å²) in [7, 11) is 0. The maximum absolute atomic E-state index is 3.75. The first-order valence-electron chi connectivity index (χ1n) is 5.16. The van der Waals surface area contributed by atoms with Crippen LogP contribution in [-0.2, 0) is 0 Å². The van der Waals surface area contributed by atoms with Crippen LogP contribution < -0.4 is 5.32 Å². The maximum atomic E-state index is 3.75. The van der Waals surface area contributed by atoms with Crippen LogP contribution in [0.3, 0.4) is 0 Å².